The van der Waals surface area contributed by atoms with Crippen molar-refractivity contribution in [3.63, 3.8) is 0 Å². The molecule has 0 bridgehead atoms. The number of sulfonamides is 1. The van der Waals surface area contributed by atoms with Crippen molar-refractivity contribution < 1.29 is 75.3 Å². The Morgan fingerprint density at radius 1 is 0.682 bits per heavy atom. The number of benzene rings is 3. The Labute approximate surface area is 508 Å². The van der Waals surface area contributed by atoms with E-state index in [1.807, 2.05) is 14.0 Å². The molecule has 88 heavy (non-hydrogen) atoms. The lowest BCUT2D eigenvalue weighted by molar-refractivity contribution is -0.145. The number of imidazole rings is 1. The fourth-order valence-electron chi connectivity index (χ4n) is 9.04. The number of pyridine rings is 1. The van der Waals surface area contributed by atoms with Gasteiger partial charge in [0.05, 0.1) is 44.6 Å². The smallest absolute Gasteiger partial charge is 0.408 e. The summed E-state index contributed by atoms with van der Waals surface area (Å²) in [6.07, 6.45) is 3.45. The van der Waals surface area contributed by atoms with Gasteiger partial charge in [-0.25, -0.2) is 18.2 Å². The van der Waals surface area contributed by atoms with E-state index in [-0.39, 0.29) is 80.6 Å². The predicted molar refractivity (Wildman–Crippen MR) is 320 cm³/mol. The molecule has 476 valence electrons. The molecule has 0 radical (unpaired) electrons. The molecular weight excluding hydrogens is 1170 g/mol. The minimum absolute atomic E-state index is 0.0223. The van der Waals surface area contributed by atoms with Gasteiger partial charge >= 0.3 is 24.0 Å². The normalized spacial score (nSPS) is 12.1. The Hall–Kier alpha value is -9.22. The summed E-state index contributed by atoms with van der Waals surface area (Å²) >= 11 is 0. The third-order valence-corrected chi connectivity index (χ3v) is 15.2. The third-order valence-electron chi connectivity index (χ3n) is 13.5. The van der Waals surface area contributed by atoms with Gasteiger partial charge in [-0.2, -0.15) is 4.72 Å². The molecule has 5 aromatic rings. The summed E-state index contributed by atoms with van der Waals surface area (Å²) in [5, 5.41) is 18.8. The zero-order chi connectivity index (χ0) is 64.3. The van der Waals surface area contributed by atoms with Gasteiger partial charge in [-0.1, -0.05) is 54.1 Å². The summed E-state index contributed by atoms with van der Waals surface area (Å²) in [5.41, 5.74) is 2.77. The number of ether oxygens (including phenoxy) is 5. The Bertz CT molecular complexity index is 3420. The molecule has 29 heteroatoms. The van der Waals surface area contributed by atoms with E-state index >= 15 is 0 Å². The summed E-state index contributed by atoms with van der Waals surface area (Å²) in [6.45, 7) is 5.86. The first-order chi connectivity index (χ1) is 42.0. The molecule has 8 N–H and O–H groups in total. The fraction of sp³-hybridized carbons (Fsp3) is 0.441. The van der Waals surface area contributed by atoms with Gasteiger partial charge in [-0.3, -0.25) is 43.2 Å². The molecule has 0 aliphatic rings. The van der Waals surface area contributed by atoms with Gasteiger partial charge in [-0.15, -0.1) is 0 Å². The van der Waals surface area contributed by atoms with Crippen LogP contribution in [0.1, 0.15) is 83.1 Å². The molecule has 0 saturated carbocycles. The maximum absolute atomic E-state index is 14.0. The summed E-state index contributed by atoms with van der Waals surface area (Å²) < 4.78 is 58.1. The Kier molecular flexibility index (Phi) is 27.5. The van der Waals surface area contributed by atoms with E-state index in [0.717, 1.165) is 32.5 Å². The van der Waals surface area contributed by atoms with Gasteiger partial charge in [0.25, 0.3) is 5.91 Å². The number of nitrogens with zero attached hydrogens (tertiary/aromatic N) is 3. The fourth-order valence-corrected chi connectivity index (χ4v) is 10.7. The number of hydrogen-bond acceptors (Lipinski definition) is 19. The molecule has 0 fully saturated rings. The molecule has 0 aliphatic carbocycles. The predicted octanol–water partition coefficient (Wildman–Crippen LogP) is 1.74. The van der Waals surface area contributed by atoms with E-state index in [9.17, 15) is 56.4 Å². The van der Waals surface area contributed by atoms with Crippen molar-refractivity contribution in [3.8, 4) is 0 Å². The number of aromatic nitrogens is 3. The van der Waals surface area contributed by atoms with Gasteiger partial charge in [-0.05, 0) is 74.4 Å². The molecule has 2 aromatic heterocycles. The van der Waals surface area contributed by atoms with Gasteiger partial charge in [0, 0.05) is 96.3 Å². The number of carbonyl (C=O) groups excluding carboxylic acids is 9. The van der Waals surface area contributed by atoms with Crippen LogP contribution in [-0.4, -0.2) is 155 Å². The molecule has 0 spiro atoms. The first-order valence-corrected chi connectivity index (χ1v) is 29.7. The van der Waals surface area contributed by atoms with Gasteiger partial charge in [0.15, 0.2) is 0 Å². The van der Waals surface area contributed by atoms with Crippen LogP contribution in [0, 0.1) is 20.8 Å². The highest BCUT2D eigenvalue weighted by atomic mass is 32.2. The van der Waals surface area contributed by atoms with Crippen LogP contribution in [0.15, 0.2) is 88.9 Å². The molecular formula is C59H77N11O17S. The van der Waals surface area contributed by atoms with E-state index in [1.165, 1.54) is 6.20 Å². The van der Waals surface area contributed by atoms with E-state index in [4.69, 9.17) is 14.2 Å². The number of alkyl carbamates (subject to hydrolysis) is 1. The highest BCUT2D eigenvalue weighted by Crippen LogP contribution is 2.23. The van der Waals surface area contributed by atoms with E-state index in [2.05, 4.69) is 56.4 Å². The first-order valence-electron chi connectivity index (χ1n) is 28.2. The van der Waals surface area contributed by atoms with Crippen LogP contribution in [0.2, 0.25) is 0 Å². The average molecular weight is 1240 g/mol. The SMILES string of the molecule is COC(=O)CC(NC(=O)OCc1ccccc1)C(=O)N[C@H](CC(=O)OC)C(=O)NCCCOCCCNC(=O)CCC(=O)NCCCn1cc(C(=O)NCC(NS(=O)(=O)c2c(C)cc(C)cc2C)C(=O)OC)c(=O)c2ccc(CNc3nccn3C)cc21. The molecule has 0 aliphatic heterocycles. The van der Waals surface area contributed by atoms with Crippen molar-refractivity contribution in [2.24, 2.45) is 7.05 Å². The van der Waals surface area contributed by atoms with Crippen LogP contribution in [0.4, 0.5) is 10.7 Å². The minimum Gasteiger partial charge on any atom is -0.469 e. The van der Waals surface area contributed by atoms with Crippen LogP contribution >= 0.6 is 0 Å². The second-order valence-electron chi connectivity index (χ2n) is 20.3. The van der Waals surface area contributed by atoms with Crippen molar-refractivity contribution in [1.29, 1.82) is 0 Å². The maximum Gasteiger partial charge on any atom is 0.408 e. The number of rotatable bonds is 35. The van der Waals surface area contributed by atoms with Crippen molar-refractivity contribution in [2.75, 3.05) is 66.0 Å². The van der Waals surface area contributed by atoms with E-state index in [0.29, 0.717) is 54.0 Å². The van der Waals surface area contributed by atoms with Crippen molar-refractivity contribution in [1.82, 2.24) is 50.7 Å². The molecule has 3 aromatic carbocycles. The zero-order valence-corrected chi connectivity index (χ0v) is 51.1. The number of carbonyl (C=O) groups is 9. The lowest BCUT2D eigenvalue weighted by Crippen LogP contribution is -2.55. The van der Waals surface area contributed by atoms with Crippen LogP contribution in [-0.2, 0) is 94.0 Å². The number of hydrogen-bond donors (Lipinski definition) is 8. The standard InChI is InChI=1S/C59H77N11O17S/c1-37-28-38(2)53(39(3)29-37)88(81,82)68-46(57(79)85-7)34-64-54(76)43-35-70(47-30-41(16-17-42(47)52(43)75)33-65-58-63-23-25-69(58)4)24-11-20-60-48(71)18-19-49(72)61-21-12-26-86-27-13-22-62-55(77)44(31-50(73)83-5)66-56(78)45(32-51(74)84-6)67-59(80)87-36-40-14-9-8-10-15-40/h8-10,14-17,23,25,28-30,35,44-46,68H,11-13,18-22,24,26-27,31-34,36H2,1-7H3,(H,60,71)(H,61,72)(H,62,77)(H,63,65)(H,64,76)(H,66,78)(H,67,80)/t44-,45?,46?/m1/s1. The molecule has 28 nitrogen and oxygen atoms in total. The Morgan fingerprint density at radius 2 is 1.30 bits per heavy atom. The molecule has 0 saturated heterocycles. The largest absolute Gasteiger partial charge is 0.469 e. The lowest BCUT2D eigenvalue weighted by atomic mass is 10.1. The maximum atomic E-state index is 14.0. The van der Waals surface area contributed by atoms with E-state index in [1.54, 1.807) is 96.0 Å². The minimum atomic E-state index is -4.30. The monoisotopic (exact) mass is 1240 g/mol. The highest BCUT2D eigenvalue weighted by Gasteiger charge is 2.32. The molecule has 2 unspecified atom stereocenters. The van der Waals surface area contributed by atoms with Gasteiger partial charge in [0.2, 0.25) is 45.0 Å². The number of nitrogens with one attached hydrogen (secondary N) is 8. The second kappa shape index (κ2) is 34.8. The van der Waals surface area contributed by atoms with Crippen LogP contribution in [0.25, 0.3) is 10.9 Å². The number of amides is 6. The van der Waals surface area contributed by atoms with Gasteiger partial charge in [0.1, 0.15) is 30.3 Å². The van der Waals surface area contributed by atoms with Crippen molar-refractivity contribution in [2.45, 2.75) is 108 Å². The molecule has 3 atom stereocenters. The summed E-state index contributed by atoms with van der Waals surface area (Å²) in [4.78, 5) is 134. The zero-order valence-electron chi connectivity index (χ0n) is 50.2. The average Bonchev–Trinajstić information content (AvgIpc) is 2.15. The van der Waals surface area contributed by atoms with Crippen molar-refractivity contribution in [3.05, 3.63) is 123 Å². The quantitative estimate of drug-likeness (QED) is 0.0163. The van der Waals surface area contributed by atoms with E-state index < -0.39 is 101 Å². The first kappa shape index (κ1) is 69.6. The van der Waals surface area contributed by atoms with Crippen LogP contribution in [0.3, 0.4) is 0 Å². The van der Waals surface area contributed by atoms with Crippen LogP contribution in [0.5, 0.6) is 0 Å². The number of fused-ring (bicyclic) bond motifs is 1. The van der Waals surface area contributed by atoms with Gasteiger partial charge < -0.3 is 70.0 Å². The van der Waals surface area contributed by atoms with Crippen molar-refractivity contribution >= 4 is 80.4 Å². The topological polar surface area (TPSA) is 370 Å². The number of aryl methyl sites for hydroxylation is 5. The number of esters is 3. The Morgan fingerprint density at radius 3 is 1.90 bits per heavy atom. The number of methoxy groups -OCH3 is 3. The third kappa shape index (κ3) is 21.9. The molecule has 2 heterocycles. The second-order valence-corrected chi connectivity index (χ2v) is 22.0. The number of anilines is 1. The Balaban J connectivity index is 1.06. The summed E-state index contributed by atoms with van der Waals surface area (Å²) in [7, 11) is 0.802. The molecule has 6 amide bonds. The highest BCUT2D eigenvalue weighted by molar-refractivity contribution is 7.89. The molecule has 5 rings (SSSR count). The lowest BCUT2D eigenvalue weighted by Gasteiger charge is -2.22. The van der Waals surface area contributed by atoms with Crippen LogP contribution < -0.4 is 47.4 Å². The summed E-state index contributed by atoms with van der Waals surface area (Å²) in [6, 6.07) is 12.7. The summed E-state index contributed by atoms with van der Waals surface area (Å²) in [5.74, 6) is -5.39.